The highest BCUT2D eigenvalue weighted by Crippen LogP contribution is 2.44. The molecule has 0 saturated carbocycles. The fourth-order valence-electron chi connectivity index (χ4n) is 10.3. The summed E-state index contributed by atoms with van der Waals surface area (Å²) in [5.74, 6) is 0. The fourth-order valence-corrected chi connectivity index (χ4v) is 10.3. The smallest absolute Gasteiger partial charge is 0.104 e. The van der Waals surface area contributed by atoms with Gasteiger partial charge in [-0.2, -0.15) is 10.5 Å². The molecular weight excluding hydrogens is 849 g/mol. The Bertz CT molecular complexity index is 3690. The fraction of sp³-hybridized carbons (Fsp3) is 0.0606. The zero-order chi connectivity index (χ0) is 47.6. The summed E-state index contributed by atoms with van der Waals surface area (Å²) in [6.07, 6.45) is 0. The molecule has 0 fully saturated rings. The van der Waals surface area contributed by atoms with Gasteiger partial charge in [0.05, 0.1) is 45.1 Å². The van der Waals surface area contributed by atoms with Gasteiger partial charge in [0.25, 0.3) is 0 Å². The number of benzene rings is 10. The normalized spacial score (nSPS) is 11.4. The maximum Gasteiger partial charge on any atom is 0.104 e. The van der Waals surface area contributed by atoms with E-state index in [1.165, 1.54) is 22.3 Å². The number of nitriles is 2. The summed E-state index contributed by atoms with van der Waals surface area (Å²) in [5.41, 5.74) is 21.6. The van der Waals surface area contributed by atoms with Crippen LogP contribution in [0.5, 0.6) is 0 Å². The first-order valence-corrected chi connectivity index (χ1v) is 23.8. The highest BCUT2D eigenvalue weighted by Gasteiger charge is 2.25. The second kappa shape index (κ2) is 16.8. The van der Waals surface area contributed by atoms with E-state index < -0.39 is 0 Å². The zero-order valence-electron chi connectivity index (χ0n) is 39.4. The van der Waals surface area contributed by atoms with Crippen molar-refractivity contribution in [1.82, 2.24) is 9.13 Å². The predicted molar refractivity (Wildman–Crippen MR) is 291 cm³/mol. The lowest BCUT2D eigenvalue weighted by molar-refractivity contribution is 1.12. The van der Waals surface area contributed by atoms with Crippen LogP contribution in [0.1, 0.15) is 33.4 Å². The maximum atomic E-state index is 12.0. The summed E-state index contributed by atoms with van der Waals surface area (Å²) >= 11 is 0. The third-order valence-electron chi connectivity index (χ3n) is 14.1. The molecule has 0 saturated heterocycles. The van der Waals surface area contributed by atoms with Crippen LogP contribution < -0.4 is 0 Å². The minimum atomic E-state index is 0.513. The van der Waals surface area contributed by atoms with E-state index in [9.17, 15) is 10.5 Å². The van der Waals surface area contributed by atoms with Gasteiger partial charge in [-0.3, -0.25) is 0 Å². The molecule has 0 unspecified atom stereocenters. The average Bonchev–Trinajstić information content (AvgIpc) is 3.90. The largest absolute Gasteiger partial charge is 0.308 e. The van der Waals surface area contributed by atoms with Crippen LogP contribution in [0, 0.1) is 50.4 Å². The summed E-state index contributed by atoms with van der Waals surface area (Å²) in [5, 5.41) is 26.9. The topological polar surface area (TPSA) is 57.4 Å². The molecule has 12 aromatic rings. The number of rotatable bonds is 7. The van der Waals surface area contributed by atoms with E-state index >= 15 is 0 Å². The SMILES string of the molecule is Cc1ccc(-c2ccc3c4ccc(-c5ccc(C)cc5)cc4n(-c4cc(-c5ccccc5C#N)cc(-n5c6cc(-c7ccc(C)cc7)ccc6c6ccc(-c7ccc(C)cc7)cc65)c4C#N)c3c2)cc1. The van der Waals surface area contributed by atoms with E-state index in [1.54, 1.807) is 0 Å². The van der Waals surface area contributed by atoms with Crippen molar-refractivity contribution in [2.45, 2.75) is 27.7 Å². The molecule has 2 aromatic heterocycles. The first kappa shape index (κ1) is 42.2. The standard InChI is InChI=1S/C66H46N4/c1-41-9-17-45(18-10-41)49-25-29-56-57-30-26-50(46-19-11-42(2)12-20-46)34-62(57)69(61(56)33-49)65-37-54(55-8-6-5-7-53(55)39-67)38-66(60(65)40-68)70-63-35-51(47-21-13-43(3)14-22-47)27-31-58(63)59-32-28-52(36-64(59)70)48-23-15-44(4)16-24-48/h5-38H,1-4H3. The Hall–Kier alpha value is -9.22. The number of hydrogen-bond donors (Lipinski definition) is 0. The summed E-state index contributed by atoms with van der Waals surface area (Å²) < 4.78 is 4.59. The van der Waals surface area contributed by atoms with Gasteiger partial charge < -0.3 is 9.13 Å². The maximum absolute atomic E-state index is 12.0. The molecule has 0 aliphatic rings. The molecule has 4 nitrogen and oxygen atoms in total. The lowest BCUT2D eigenvalue weighted by atomic mass is 9.96. The quantitative estimate of drug-likeness (QED) is 0.160. The summed E-state index contributed by atoms with van der Waals surface area (Å²) in [6.45, 7) is 8.44. The molecule has 0 atom stereocenters. The minimum absolute atomic E-state index is 0.513. The van der Waals surface area contributed by atoms with Crippen molar-refractivity contribution in [2.24, 2.45) is 0 Å². The Morgan fingerprint density at radius 1 is 0.300 bits per heavy atom. The van der Waals surface area contributed by atoms with Gasteiger partial charge in [0.15, 0.2) is 0 Å². The molecule has 0 aliphatic heterocycles. The summed E-state index contributed by atoms with van der Waals surface area (Å²) in [6, 6.07) is 78.7. The van der Waals surface area contributed by atoms with Gasteiger partial charge in [0.1, 0.15) is 11.6 Å². The third kappa shape index (κ3) is 7.14. The molecule has 0 N–H and O–H groups in total. The van der Waals surface area contributed by atoms with Crippen LogP contribution in [-0.4, -0.2) is 9.13 Å². The number of nitrogens with zero attached hydrogens (tertiary/aromatic N) is 4. The Morgan fingerprint density at radius 3 is 0.900 bits per heavy atom. The molecule has 330 valence electrons. The molecule has 4 heteroatoms. The molecule has 70 heavy (non-hydrogen) atoms. The van der Waals surface area contributed by atoms with Crippen molar-refractivity contribution in [3.8, 4) is 79.1 Å². The molecule has 10 aromatic carbocycles. The minimum Gasteiger partial charge on any atom is -0.308 e. The van der Waals surface area contributed by atoms with Crippen LogP contribution in [0.3, 0.4) is 0 Å². The second-order valence-electron chi connectivity index (χ2n) is 18.7. The van der Waals surface area contributed by atoms with Crippen LogP contribution in [0.2, 0.25) is 0 Å². The lowest BCUT2D eigenvalue weighted by Crippen LogP contribution is -2.06. The van der Waals surface area contributed by atoms with Gasteiger partial charge >= 0.3 is 0 Å². The molecule has 12 rings (SSSR count). The molecule has 0 amide bonds. The van der Waals surface area contributed by atoms with Crippen LogP contribution in [-0.2, 0) is 0 Å². The monoisotopic (exact) mass is 894 g/mol. The van der Waals surface area contributed by atoms with E-state index in [0.29, 0.717) is 11.1 Å². The van der Waals surface area contributed by atoms with E-state index in [1.807, 2.05) is 24.3 Å². The third-order valence-corrected chi connectivity index (χ3v) is 14.1. The number of fused-ring (bicyclic) bond motifs is 6. The molecule has 2 heterocycles. The van der Waals surface area contributed by atoms with Gasteiger partial charge in [-0.25, -0.2) is 0 Å². The van der Waals surface area contributed by atoms with E-state index in [4.69, 9.17) is 0 Å². The highest BCUT2D eigenvalue weighted by atomic mass is 15.0. The Balaban J connectivity index is 1.23. The molecule has 0 radical (unpaired) electrons. The molecule has 0 spiro atoms. The molecular formula is C66H46N4. The Labute approximate surface area is 407 Å². The highest BCUT2D eigenvalue weighted by molar-refractivity contribution is 6.13. The molecule has 0 bridgehead atoms. The van der Waals surface area contributed by atoms with Gasteiger partial charge in [-0.15, -0.1) is 0 Å². The molecule has 0 aliphatic carbocycles. The Kier molecular flexibility index (Phi) is 10.1. The van der Waals surface area contributed by atoms with Crippen molar-refractivity contribution >= 4 is 43.6 Å². The van der Waals surface area contributed by atoms with Crippen molar-refractivity contribution in [3.05, 3.63) is 240 Å². The average molecular weight is 895 g/mol. The van der Waals surface area contributed by atoms with Crippen LogP contribution in [0.15, 0.2) is 206 Å². The van der Waals surface area contributed by atoms with Gasteiger partial charge in [0, 0.05) is 21.5 Å². The van der Waals surface area contributed by atoms with Crippen LogP contribution in [0.25, 0.3) is 111 Å². The van der Waals surface area contributed by atoms with Crippen molar-refractivity contribution in [2.75, 3.05) is 0 Å². The van der Waals surface area contributed by atoms with Gasteiger partial charge in [-0.05, 0) is 126 Å². The van der Waals surface area contributed by atoms with Crippen molar-refractivity contribution < 1.29 is 0 Å². The number of aryl methyl sites for hydroxylation is 4. The van der Waals surface area contributed by atoms with E-state index in [2.05, 4.69) is 231 Å². The number of hydrogen-bond acceptors (Lipinski definition) is 2. The van der Waals surface area contributed by atoms with Crippen LogP contribution in [0.4, 0.5) is 0 Å². The second-order valence-corrected chi connectivity index (χ2v) is 18.7. The first-order chi connectivity index (χ1) is 34.2. The van der Waals surface area contributed by atoms with Crippen molar-refractivity contribution in [1.29, 1.82) is 10.5 Å². The van der Waals surface area contributed by atoms with E-state index in [-0.39, 0.29) is 0 Å². The lowest BCUT2D eigenvalue weighted by Gasteiger charge is -2.19. The summed E-state index contributed by atoms with van der Waals surface area (Å²) in [7, 11) is 0. The Morgan fingerprint density at radius 2 is 0.600 bits per heavy atom. The van der Waals surface area contributed by atoms with Gasteiger partial charge in [0.2, 0.25) is 0 Å². The van der Waals surface area contributed by atoms with Gasteiger partial charge in [-0.1, -0.05) is 186 Å². The van der Waals surface area contributed by atoms with Crippen LogP contribution >= 0.6 is 0 Å². The van der Waals surface area contributed by atoms with E-state index in [0.717, 1.165) is 111 Å². The summed E-state index contributed by atoms with van der Waals surface area (Å²) in [4.78, 5) is 0. The predicted octanol–water partition coefficient (Wildman–Crippen LogP) is 17.2. The van der Waals surface area contributed by atoms with Crippen molar-refractivity contribution in [3.63, 3.8) is 0 Å². The first-order valence-electron chi connectivity index (χ1n) is 23.8. The zero-order valence-corrected chi connectivity index (χ0v) is 39.4. The number of aromatic nitrogens is 2.